The fraction of sp³-hybridized carbons (Fsp3) is 0. The van der Waals surface area contributed by atoms with E-state index in [2.05, 4.69) is 198 Å². The van der Waals surface area contributed by atoms with E-state index in [0.29, 0.717) is 0 Å². The van der Waals surface area contributed by atoms with E-state index in [-0.39, 0.29) is 0 Å². The first-order valence-electron chi connectivity index (χ1n) is 18.5. The Kier molecular flexibility index (Phi) is 6.86. The van der Waals surface area contributed by atoms with E-state index in [9.17, 15) is 0 Å². The molecule has 0 radical (unpaired) electrons. The molecule has 1 aliphatic rings. The quantitative estimate of drug-likeness (QED) is 0.173. The Bertz CT molecular complexity index is 2960. The maximum Gasteiger partial charge on any atom is 0.0702 e. The second-order valence-corrected chi connectivity index (χ2v) is 14.0. The largest absolute Gasteiger partial charge is 0.311 e. The number of fused-ring (bicyclic) bond motifs is 3. The number of para-hydroxylation sites is 2. The summed E-state index contributed by atoms with van der Waals surface area (Å²) in [6.45, 7) is 0. The van der Waals surface area contributed by atoms with E-state index >= 15 is 0 Å². The minimum absolute atomic E-state index is 0.966. The molecular formula is C51H33N3. The van der Waals surface area contributed by atoms with Crippen molar-refractivity contribution in [2.45, 2.75) is 0 Å². The van der Waals surface area contributed by atoms with Crippen molar-refractivity contribution in [1.29, 1.82) is 0 Å². The van der Waals surface area contributed by atoms with E-state index in [4.69, 9.17) is 4.98 Å². The second kappa shape index (κ2) is 12.2. The predicted octanol–water partition coefficient (Wildman–Crippen LogP) is 13.8. The molecule has 54 heavy (non-hydrogen) atoms. The molecular weight excluding hydrogens is 655 g/mol. The first-order valence-corrected chi connectivity index (χ1v) is 18.5. The Morgan fingerprint density at radius 1 is 0.370 bits per heavy atom. The molecule has 3 nitrogen and oxygen atoms in total. The summed E-state index contributed by atoms with van der Waals surface area (Å²) >= 11 is 0. The van der Waals surface area contributed by atoms with Crippen molar-refractivity contribution in [2.24, 2.45) is 0 Å². The third-order valence-electron chi connectivity index (χ3n) is 11.0. The molecule has 0 bridgehead atoms. The lowest BCUT2D eigenvalue weighted by atomic mass is 9.92. The zero-order valence-electron chi connectivity index (χ0n) is 29.4. The van der Waals surface area contributed by atoms with Crippen LogP contribution in [-0.4, -0.2) is 9.55 Å². The summed E-state index contributed by atoms with van der Waals surface area (Å²) in [6.07, 6.45) is 1.88. The van der Waals surface area contributed by atoms with Gasteiger partial charge in [-0.05, 0) is 123 Å². The van der Waals surface area contributed by atoms with Crippen LogP contribution < -0.4 is 4.90 Å². The van der Waals surface area contributed by atoms with Crippen LogP contribution in [0.25, 0.3) is 82.9 Å². The second-order valence-electron chi connectivity index (χ2n) is 14.0. The molecule has 11 rings (SSSR count). The molecule has 0 amide bonds. The lowest BCUT2D eigenvalue weighted by Crippen LogP contribution is -2.09. The number of pyridine rings is 1. The average Bonchev–Trinajstić information content (AvgIpc) is 3.53. The molecule has 0 atom stereocenters. The van der Waals surface area contributed by atoms with Gasteiger partial charge in [-0.25, -0.2) is 0 Å². The Balaban J connectivity index is 1.07. The lowest BCUT2D eigenvalue weighted by Gasteiger charge is -2.25. The summed E-state index contributed by atoms with van der Waals surface area (Å²) in [5, 5.41) is 5.16. The van der Waals surface area contributed by atoms with Crippen LogP contribution in [0.4, 0.5) is 17.1 Å². The maximum atomic E-state index is 4.80. The zero-order chi connectivity index (χ0) is 35.6. The Hall–Kier alpha value is -7.23. The van der Waals surface area contributed by atoms with Crippen molar-refractivity contribution in [3.05, 3.63) is 200 Å². The van der Waals surface area contributed by atoms with Crippen LogP contribution in [0, 0.1) is 0 Å². The molecule has 0 fully saturated rings. The predicted molar refractivity (Wildman–Crippen MR) is 226 cm³/mol. The fourth-order valence-corrected chi connectivity index (χ4v) is 8.56. The number of nitrogens with zero attached hydrogens (tertiary/aromatic N) is 3. The first kappa shape index (κ1) is 30.4. The molecule has 0 saturated carbocycles. The fourth-order valence-electron chi connectivity index (χ4n) is 8.56. The van der Waals surface area contributed by atoms with Gasteiger partial charge in [0.25, 0.3) is 0 Å². The third-order valence-corrected chi connectivity index (χ3v) is 11.0. The standard InChI is InChI=1S/C51H33N3/c1-3-13-38(14-4-1)53(39-15-5-2-6-16-39)40-26-21-34(22-27-40)35-23-28-41(29-24-35)54-47-30-25-36-12-11-19-44-42-17-7-8-18-43(42)45-32-37(46-20-9-10-31-52-46)33-48(54)50(45)51(47)49(36)44/h1-33H. The Morgan fingerprint density at radius 3 is 1.67 bits per heavy atom. The lowest BCUT2D eigenvalue weighted by molar-refractivity contribution is 1.18. The van der Waals surface area contributed by atoms with E-state index < -0.39 is 0 Å². The van der Waals surface area contributed by atoms with Gasteiger partial charge in [0.1, 0.15) is 0 Å². The molecule has 0 unspecified atom stereocenters. The highest BCUT2D eigenvalue weighted by Gasteiger charge is 2.26. The van der Waals surface area contributed by atoms with Crippen molar-refractivity contribution < 1.29 is 0 Å². The SMILES string of the molecule is c1ccc(N(c2ccccc2)c2ccc(-c3ccc(-n4c5cc(-c6ccccn6)cc6c5c5c7c(cccc7ccc54)-c4ccccc4-6)cc3)cc2)cc1. The van der Waals surface area contributed by atoms with E-state index in [0.717, 1.165) is 34.0 Å². The van der Waals surface area contributed by atoms with Crippen LogP contribution in [-0.2, 0) is 0 Å². The number of hydrogen-bond donors (Lipinski definition) is 0. The molecule has 8 aromatic carbocycles. The van der Waals surface area contributed by atoms with Gasteiger partial charge in [0.15, 0.2) is 0 Å². The summed E-state index contributed by atoms with van der Waals surface area (Å²) in [4.78, 5) is 7.10. The molecule has 252 valence electrons. The van der Waals surface area contributed by atoms with Crippen molar-refractivity contribution >= 4 is 49.6 Å². The highest BCUT2D eigenvalue weighted by Crippen LogP contribution is 2.50. The van der Waals surface area contributed by atoms with Crippen LogP contribution in [0.15, 0.2) is 200 Å². The molecule has 2 heterocycles. The van der Waals surface area contributed by atoms with Crippen molar-refractivity contribution in [3.8, 4) is 50.3 Å². The molecule has 0 saturated heterocycles. The summed E-state index contributed by atoms with van der Waals surface area (Å²) in [6, 6.07) is 70.1. The van der Waals surface area contributed by atoms with Gasteiger partial charge in [-0.3, -0.25) is 4.98 Å². The maximum absolute atomic E-state index is 4.80. The van der Waals surface area contributed by atoms with Gasteiger partial charge in [0.05, 0.1) is 16.7 Å². The van der Waals surface area contributed by atoms with Gasteiger partial charge in [0.2, 0.25) is 0 Å². The van der Waals surface area contributed by atoms with Crippen LogP contribution >= 0.6 is 0 Å². The van der Waals surface area contributed by atoms with Gasteiger partial charge < -0.3 is 9.47 Å². The van der Waals surface area contributed by atoms with Crippen molar-refractivity contribution in [2.75, 3.05) is 4.90 Å². The molecule has 0 aliphatic heterocycles. The van der Waals surface area contributed by atoms with Gasteiger partial charge in [-0.15, -0.1) is 0 Å². The van der Waals surface area contributed by atoms with E-state index in [1.807, 2.05) is 12.3 Å². The van der Waals surface area contributed by atoms with Crippen LogP contribution in [0.5, 0.6) is 0 Å². The number of aromatic nitrogens is 2. The van der Waals surface area contributed by atoms with Gasteiger partial charge in [-0.2, -0.15) is 0 Å². The summed E-state index contributed by atoms with van der Waals surface area (Å²) in [7, 11) is 0. The van der Waals surface area contributed by atoms with Crippen LogP contribution in [0.3, 0.4) is 0 Å². The van der Waals surface area contributed by atoms with Crippen LogP contribution in [0.2, 0.25) is 0 Å². The normalized spacial score (nSPS) is 11.7. The van der Waals surface area contributed by atoms with E-state index in [1.54, 1.807) is 0 Å². The molecule has 1 aliphatic carbocycles. The van der Waals surface area contributed by atoms with E-state index in [1.165, 1.54) is 66.0 Å². The summed E-state index contributed by atoms with van der Waals surface area (Å²) in [5.74, 6) is 0. The smallest absolute Gasteiger partial charge is 0.0702 e. The Morgan fingerprint density at radius 2 is 0.981 bits per heavy atom. The number of rotatable bonds is 6. The molecule has 0 spiro atoms. The molecule has 0 N–H and O–H groups in total. The molecule has 10 aromatic rings. The van der Waals surface area contributed by atoms with Gasteiger partial charge in [0, 0.05) is 45.3 Å². The first-order chi connectivity index (χ1) is 26.8. The van der Waals surface area contributed by atoms with Gasteiger partial charge >= 0.3 is 0 Å². The molecule has 2 aromatic heterocycles. The summed E-state index contributed by atoms with van der Waals surface area (Å²) < 4.78 is 2.45. The minimum Gasteiger partial charge on any atom is -0.311 e. The topological polar surface area (TPSA) is 21.1 Å². The monoisotopic (exact) mass is 687 g/mol. The highest BCUT2D eigenvalue weighted by atomic mass is 15.1. The zero-order valence-corrected chi connectivity index (χ0v) is 29.4. The minimum atomic E-state index is 0.966. The Labute approximate surface area is 313 Å². The highest BCUT2D eigenvalue weighted by molar-refractivity contribution is 6.30. The summed E-state index contributed by atoms with van der Waals surface area (Å²) in [5.41, 5.74) is 16.4. The van der Waals surface area contributed by atoms with Gasteiger partial charge in [-0.1, -0.05) is 115 Å². The van der Waals surface area contributed by atoms with Crippen LogP contribution in [0.1, 0.15) is 0 Å². The average molecular weight is 688 g/mol. The number of benzene rings is 8. The molecule has 3 heteroatoms. The number of hydrogen-bond acceptors (Lipinski definition) is 2. The van der Waals surface area contributed by atoms with Crippen molar-refractivity contribution in [3.63, 3.8) is 0 Å². The third kappa shape index (κ3) is 4.72. The number of anilines is 3. The van der Waals surface area contributed by atoms with Crippen molar-refractivity contribution in [1.82, 2.24) is 9.55 Å².